The standard InChI is InChI=1S/C22H15N3O3/c23-13-15-6-4-5-7-16(15)14-24-18-10-11-21(26)25(17-8-2-1-3-9-17)19(18)12-20(24)22(27)28/h1-12H,14H2,(H,27,28). The van der Waals surface area contributed by atoms with E-state index in [4.69, 9.17) is 0 Å². The maximum absolute atomic E-state index is 12.5. The fraction of sp³-hybridized carbons (Fsp3) is 0.0455. The SMILES string of the molecule is N#Cc1ccccc1Cn1c(C(=O)O)cc2c1ccc(=O)n2-c1ccccc1. The van der Waals surface area contributed by atoms with Crippen LogP contribution in [0.4, 0.5) is 0 Å². The first-order chi connectivity index (χ1) is 13.6. The van der Waals surface area contributed by atoms with Crippen LogP contribution in [0.3, 0.4) is 0 Å². The van der Waals surface area contributed by atoms with Gasteiger partial charge in [0.05, 0.1) is 22.7 Å². The van der Waals surface area contributed by atoms with E-state index in [1.54, 1.807) is 41.0 Å². The van der Waals surface area contributed by atoms with E-state index in [0.29, 0.717) is 27.8 Å². The first-order valence-corrected chi connectivity index (χ1v) is 8.62. The van der Waals surface area contributed by atoms with Gasteiger partial charge in [-0.1, -0.05) is 36.4 Å². The molecule has 6 heteroatoms. The third-order valence-electron chi connectivity index (χ3n) is 4.66. The smallest absolute Gasteiger partial charge is 0.352 e. The summed E-state index contributed by atoms with van der Waals surface area (Å²) in [6.07, 6.45) is 0. The van der Waals surface area contributed by atoms with Crippen LogP contribution in [0, 0.1) is 11.3 Å². The second-order valence-corrected chi connectivity index (χ2v) is 6.30. The average Bonchev–Trinajstić information content (AvgIpc) is 3.07. The van der Waals surface area contributed by atoms with Crippen LogP contribution in [0.25, 0.3) is 16.7 Å². The molecule has 0 aliphatic heterocycles. The van der Waals surface area contributed by atoms with E-state index in [-0.39, 0.29) is 17.8 Å². The lowest BCUT2D eigenvalue weighted by Crippen LogP contribution is -2.17. The molecule has 0 aliphatic rings. The lowest BCUT2D eigenvalue weighted by Gasteiger charge is -2.11. The van der Waals surface area contributed by atoms with Crippen LogP contribution in [0.2, 0.25) is 0 Å². The van der Waals surface area contributed by atoms with Gasteiger partial charge in [-0.3, -0.25) is 9.36 Å². The van der Waals surface area contributed by atoms with Gasteiger partial charge in [0.1, 0.15) is 5.69 Å². The fourth-order valence-corrected chi connectivity index (χ4v) is 3.38. The molecule has 0 atom stereocenters. The molecule has 2 aromatic carbocycles. The summed E-state index contributed by atoms with van der Waals surface area (Å²) in [4.78, 5) is 24.4. The van der Waals surface area contributed by atoms with Crippen molar-refractivity contribution in [2.24, 2.45) is 0 Å². The Kier molecular flexibility index (Phi) is 4.26. The maximum Gasteiger partial charge on any atom is 0.352 e. The van der Waals surface area contributed by atoms with Crippen molar-refractivity contribution in [2.75, 3.05) is 0 Å². The van der Waals surface area contributed by atoms with Crippen LogP contribution in [0.1, 0.15) is 21.6 Å². The van der Waals surface area contributed by atoms with Gasteiger partial charge in [-0.05, 0) is 35.9 Å². The predicted octanol–water partition coefficient (Wildman–Crippen LogP) is 3.41. The molecule has 0 amide bonds. The van der Waals surface area contributed by atoms with Crippen molar-refractivity contribution in [1.29, 1.82) is 5.26 Å². The highest BCUT2D eigenvalue weighted by Gasteiger charge is 2.19. The second-order valence-electron chi connectivity index (χ2n) is 6.30. The number of hydrogen-bond acceptors (Lipinski definition) is 3. The third kappa shape index (κ3) is 2.85. The third-order valence-corrected chi connectivity index (χ3v) is 4.66. The van der Waals surface area contributed by atoms with Gasteiger partial charge in [-0.2, -0.15) is 5.26 Å². The molecule has 0 fully saturated rings. The summed E-state index contributed by atoms with van der Waals surface area (Å²) >= 11 is 0. The quantitative estimate of drug-likeness (QED) is 0.597. The van der Waals surface area contributed by atoms with Crippen molar-refractivity contribution in [2.45, 2.75) is 6.54 Å². The molecule has 0 saturated heterocycles. The largest absolute Gasteiger partial charge is 0.477 e. The minimum Gasteiger partial charge on any atom is -0.477 e. The zero-order valence-electron chi connectivity index (χ0n) is 14.7. The Bertz CT molecular complexity index is 1290. The van der Waals surface area contributed by atoms with E-state index >= 15 is 0 Å². The first kappa shape index (κ1) is 17.3. The zero-order valence-corrected chi connectivity index (χ0v) is 14.7. The molecule has 136 valence electrons. The van der Waals surface area contributed by atoms with Crippen molar-refractivity contribution >= 4 is 17.0 Å². The number of pyridine rings is 1. The number of rotatable bonds is 4. The van der Waals surface area contributed by atoms with Gasteiger partial charge in [-0.15, -0.1) is 0 Å². The molecule has 0 radical (unpaired) electrons. The van der Waals surface area contributed by atoms with E-state index < -0.39 is 5.97 Å². The Hall–Kier alpha value is -4.11. The number of nitriles is 1. The molecule has 0 aliphatic carbocycles. The van der Waals surface area contributed by atoms with Gasteiger partial charge in [0.2, 0.25) is 0 Å². The maximum atomic E-state index is 12.5. The van der Waals surface area contributed by atoms with E-state index in [9.17, 15) is 20.0 Å². The number of benzene rings is 2. The lowest BCUT2D eigenvalue weighted by atomic mass is 10.1. The molecule has 1 N–H and O–H groups in total. The van der Waals surface area contributed by atoms with Gasteiger partial charge >= 0.3 is 5.97 Å². The molecule has 0 saturated carbocycles. The van der Waals surface area contributed by atoms with Crippen molar-refractivity contribution in [3.63, 3.8) is 0 Å². The Morgan fingerprint density at radius 3 is 2.39 bits per heavy atom. The van der Waals surface area contributed by atoms with Crippen molar-refractivity contribution in [3.8, 4) is 11.8 Å². The highest BCUT2D eigenvalue weighted by Crippen LogP contribution is 2.23. The average molecular weight is 369 g/mol. The summed E-state index contributed by atoms with van der Waals surface area (Å²) < 4.78 is 3.11. The first-order valence-electron chi connectivity index (χ1n) is 8.62. The molecule has 0 unspecified atom stereocenters. The monoisotopic (exact) mass is 369 g/mol. The van der Waals surface area contributed by atoms with Crippen LogP contribution in [-0.4, -0.2) is 20.2 Å². The van der Waals surface area contributed by atoms with Crippen molar-refractivity contribution in [1.82, 2.24) is 9.13 Å². The number of carbonyl (C=O) groups is 1. The number of para-hydroxylation sites is 1. The van der Waals surface area contributed by atoms with Crippen molar-refractivity contribution < 1.29 is 9.90 Å². The summed E-state index contributed by atoms with van der Waals surface area (Å²) in [5.41, 5.74) is 2.77. The molecule has 28 heavy (non-hydrogen) atoms. The summed E-state index contributed by atoms with van der Waals surface area (Å²) in [6.45, 7) is 0.210. The van der Waals surface area contributed by atoms with Crippen LogP contribution in [0.15, 0.2) is 77.6 Å². The Morgan fingerprint density at radius 1 is 0.964 bits per heavy atom. The predicted molar refractivity (Wildman–Crippen MR) is 105 cm³/mol. The minimum absolute atomic E-state index is 0.0537. The van der Waals surface area contributed by atoms with Crippen LogP contribution < -0.4 is 5.56 Å². The topological polar surface area (TPSA) is 88.0 Å². The van der Waals surface area contributed by atoms with E-state index in [1.807, 2.05) is 24.3 Å². The van der Waals surface area contributed by atoms with Gasteiger partial charge < -0.3 is 9.67 Å². The van der Waals surface area contributed by atoms with Crippen LogP contribution in [-0.2, 0) is 6.54 Å². The minimum atomic E-state index is -1.10. The number of hydrogen-bond donors (Lipinski definition) is 1. The number of aromatic nitrogens is 2. The number of carboxylic acid groups (broad SMARTS) is 1. The summed E-state index contributed by atoms with van der Waals surface area (Å²) in [7, 11) is 0. The molecular formula is C22H15N3O3. The molecule has 2 aromatic heterocycles. The van der Waals surface area contributed by atoms with E-state index in [0.717, 1.165) is 0 Å². The van der Waals surface area contributed by atoms with Gasteiger partial charge in [0.15, 0.2) is 0 Å². The van der Waals surface area contributed by atoms with Crippen LogP contribution >= 0.6 is 0 Å². The Balaban J connectivity index is 1.99. The second kappa shape index (κ2) is 6.89. The van der Waals surface area contributed by atoms with Gasteiger partial charge in [0, 0.05) is 18.3 Å². The molecule has 6 nitrogen and oxygen atoms in total. The summed E-state index contributed by atoms with van der Waals surface area (Å²) in [5, 5.41) is 19.1. The number of nitrogens with zero attached hydrogens (tertiary/aromatic N) is 3. The molecule has 4 aromatic rings. The molecule has 0 bridgehead atoms. The number of carboxylic acids is 1. The normalized spacial score (nSPS) is 10.7. The number of aromatic carboxylic acids is 1. The Labute approximate surface area is 160 Å². The summed E-state index contributed by atoms with van der Waals surface area (Å²) in [6, 6.07) is 22.8. The van der Waals surface area contributed by atoms with Crippen LogP contribution in [0.5, 0.6) is 0 Å². The molecule has 2 heterocycles. The molecular weight excluding hydrogens is 354 g/mol. The van der Waals surface area contributed by atoms with Gasteiger partial charge in [0.25, 0.3) is 5.56 Å². The Morgan fingerprint density at radius 2 is 1.68 bits per heavy atom. The van der Waals surface area contributed by atoms with E-state index in [1.165, 1.54) is 16.7 Å². The van der Waals surface area contributed by atoms with Crippen molar-refractivity contribution in [3.05, 3.63) is 100.0 Å². The lowest BCUT2D eigenvalue weighted by molar-refractivity contribution is 0.0686. The zero-order chi connectivity index (χ0) is 19.7. The van der Waals surface area contributed by atoms with Gasteiger partial charge in [-0.25, -0.2) is 4.79 Å². The molecule has 0 spiro atoms. The highest BCUT2D eigenvalue weighted by molar-refractivity contribution is 5.94. The highest BCUT2D eigenvalue weighted by atomic mass is 16.4. The molecule has 4 rings (SSSR count). The van der Waals surface area contributed by atoms with E-state index in [2.05, 4.69) is 6.07 Å². The summed E-state index contributed by atoms with van der Waals surface area (Å²) in [5.74, 6) is -1.10. The fourth-order valence-electron chi connectivity index (χ4n) is 3.38. The number of fused-ring (bicyclic) bond motifs is 1.